The smallest absolute Gasteiger partial charge is 0.311 e. The fraction of sp³-hybridized carbons (Fsp3) is 0.125. The summed E-state index contributed by atoms with van der Waals surface area (Å²) < 4.78 is 0. The van der Waals surface area contributed by atoms with E-state index in [-0.39, 0.29) is 12.3 Å². The summed E-state index contributed by atoms with van der Waals surface area (Å²) in [5, 5.41) is 12.0. The minimum absolute atomic E-state index is 0.0890. The van der Waals surface area contributed by atoms with Crippen LogP contribution >= 0.6 is 0 Å². The maximum Gasteiger partial charge on any atom is 0.311 e. The zero-order chi connectivity index (χ0) is 14.4. The number of amides is 1. The summed E-state index contributed by atoms with van der Waals surface area (Å²) in [5.41, 5.74) is 1.29. The van der Waals surface area contributed by atoms with Gasteiger partial charge in [0, 0.05) is 12.1 Å². The molecule has 0 fully saturated rings. The molecule has 1 amide bonds. The van der Waals surface area contributed by atoms with E-state index in [9.17, 15) is 14.7 Å². The van der Waals surface area contributed by atoms with Gasteiger partial charge in [0.05, 0.1) is 5.92 Å². The van der Waals surface area contributed by atoms with E-state index in [2.05, 4.69) is 5.32 Å². The highest BCUT2D eigenvalue weighted by Gasteiger charge is 2.22. The molecular formula is C16H15NO3. The molecule has 2 aromatic carbocycles. The lowest BCUT2D eigenvalue weighted by Crippen LogP contribution is -2.20. The van der Waals surface area contributed by atoms with E-state index in [1.54, 1.807) is 36.4 Å². The lowest BCUT2D eigenvalue weighted by Gasteiger charge is -2.12. The lowest BCUT2D eigenvalue weighted by atomic mass is 9.95. The Hall–Kier alpha value is -2.62. The zero-order valence-electron chi connectivity index (χ0n) is 10.8. The minimum atomic E-state index is -1.00. The largest absolute Gasteiger partial charge is 0.481 e. The van der Waals surface area contributed by atoms with Crippen LogP contribution < -0.4 is 5.32 Å². The standard InChI is InChI=1S/C16H15NO3/c18-15(17-13-9-5-2-6-10-13)11-14(16(19)20)12-7-3-1-4-8-12/h1-10,14H,11H2,(H,17,18)(H,19,20)/t14-/m0/s1. The molecule has 0 aliphatic carbocycles. The molecule has 0 unspecified atom stereocenters. The molecule has 0 aliphatic heterocycles. The van der Waals surface area contributed by atoms with Crippen molar-refractivity contribution in [1.29, 1.82) is 0 Å². The number of nitrogens with one attached hydrogen (secondary N) is 1. The van der Waals surface area contributed by atoms with Gasteiger partial charge in [0.15, 0.2) is 0 Å². The summed E-state index contributed by atoms with van der Waals surface area (Å²) in [6.45, 7) is 0. The summed E-state index contributed by atoms with van der Waals surface area (Å²) in [6.07, 6.45) is -0.0890. The summed E-state index contributed by atoms with van der Waals surface area (Å²) in [6, 6.07) is 17.8. The van der Waals surface area contributed by atoms with Crippen LogP contribution in [0, 0.1) is 0 Å². The normalized spacial score (nSPS) is 11.6. The molecule has 2 rings (SSSR count). The molecule has 1 atom stereocenters. The highest BCUT2D eigenvalue weighted by Crippen LogP contribution is 2.20. The maximum absolute atomic E-state index is 11.9. The first kappa shape index (κ1) is 13.8. The van der Waals surface area contributed by atoms with Crippen LogP contribution in [0.25, 0.3) is 0 Å². The highest BCUT2D eigenvalue weighted by molar-refractivity contribution is 5.94. The van der Waals surface area contributed by atoms with Gasteiger partial charge < -0.3 is 10.4 Å². The Kier molecular flexibility index (Phi) is 4.50. The average Bonchev–Trinajstić information content (AvgIpc) is 2.46. The molecular weight excluding hydrogens is 254 g/mol. The molecule has 2 N–H and O–H groups in total. The third-order valence-electron chi connectivity index (χ3n) is 2.95. The number of para-hydroxylation sites is 1. The second kappa shape index (κ2) is 6.52. The van der Waals surface area contributed by atoms with Crippen molar-refractivity contribution >= 4 is 17.6 Å². The van der Waals surface area contributed by atoms with Crippen LogP contribution in [-0.4, -0.2) is 17.0 Å². The number of hydrogen-bond donors (Lipinski definition) is 2. The summed E-state index contributed by atoms with van der Waals surface area (Å²) >= 11 is 0. The van der Waals surface area contributed by atoms with Crippen molar-refractivity contribution in [2.45, 2.75) is 12.3 Å². The first-order valence-corrected chi connectivity index (χ1v) is 6.29. The fourth-order valence-corrected chi connectivity index (χ4v) is 1.95. The van der Waals surface area contributed by atoms with Crippen LogP contribution in [-0.2, 0) is 9.59 Å². The average molecular weight is 269 g/mol. The van der Waals surface area contributed by atoms with Crippen LogP contribution in [0.15, 0.2) is 60.7 Å². The molecule has 0 spiro atoms. The fourth-order valence-electron chi connectivity index (χ4n) is 1.95. The van der Waals surface area contributed by atoms with Gasteiger partial charge in [-0.05, 0) is 17.7 Å². The van der Waals surface area contributed by atoms with E-state index in [4.69, 9.17) is 0 Å². The molecule has 20 heavy (non-hydrogen) atoms. The number of carboxylic acid groups (broad SMARTS) is 1. The van der Waals surface area contributed by atoms with Gasteiger partial charge in [-0.2, -0.15) is 0 Å². The van der Waals surface area contributed by atoms with E-state index in [1.807, 2.05) is 24.3 Å². The van der Waals surface area contributed by atoms with Crippen molar-refractivity contribution in [3.63, 3.8) is 0 Å². The third kappa shape index (κ3) is 3.68. The Morgan fingerprint density at radius 3 is 2.05 bits per heavy atom. The Labute approximate surface area is 117 Å². The highest BCUT2D eigenvalue weighted by atomic mass is 16.4. The third-order valence-corrected chi connectivity index (χ3v) is 2.95. The Bertz CT molecular complexity index is 581. The van der Waals surface area contributed by atoms with Crippen molar-refractivity contribution in [3.8, 4) is 0 Å². The van der Waals surface area contributed by atoms with Crippen molar-refractivity contribution in [2.24, 2.45) is 0 Å². The molecule has 0 aliphatic rings. The SMILES string of the molecule is O=C(C[C@H](C(=O)O)c1ccccc1)Nc1ccccc1. The van der Waals surface area contributed by atoms with E-state index in [0.29, 0.717) is 11.3 Å². The van der Waals surface area contributed by atoms with Gasteiger partial charge in [-0.3, -0.25) is 9.59 Å². The van der Waals surface area contributed by atoms with Crippen molar-refractivity contribution in [3.05, 3.63) is 66.2 Å². The van der Waals surface area contributed by atoms with Crippen LogP contribution in [0.4, 0.5) is 5.69 Å². The molecule has 0 saturated heterocycles. The van der Waals surface area contributed by atoms with Gasteiger partial charge in [-0.25, -0.2) is 0 Å². The summed E-state index contributed by atoms with van der Waals surface area (Å²) in [7, 11) is 0. The number of rotatable bonds is 5. The number of carboxylic acids is 1. The van der Waals surface area contributed by atoms with Gasteiger partial charge in [-0.1, -0.05) is 48.5 Å². The lowest BCUT2D eigenvalue weighted by molar-refractivity contribution is -0.140. The maximum atomic E-state index is 11.9. The topological polar surface area (TPSA) is 66.4 Å². The molecule has 0 radical (unpaired) electrons. The minimum Gasteiger partial charge on any atom is -0.481 e. The van der Waals surface area contributed by atoms with Crippen molar-refractivity contribution in [2.75, 3.05) is 5.32 Å². The molecule has 2 aromatic rings. The number of carbonyl (C=O) groups excluding carboxylic acids is 1. The van der Waals surface area contributed by atoms with E-state index in [0.717, 1.165) is 0 Å². The van der Waals surface area contributed by atoms with Gasteiger partial charge in [0.2, 0.25) is 5.91 Å². The zero-order valence-corrected chi connectivity index (χ0v) is 10.8. The van der Waals surface area contributed by atoms with Crippen LogP contribution in [0.5, 0.6) is 0 Å². The predicted molar refractivity (Wildman–Crippen MR) is 76.5 cm³/mol. The number of anilines is 1. The second-order valence-electron chi connectivity index (χ2n) is 4.42. The van der Waals surface area contributed by atoms with E-state index < -0.39 is 11.9 Å². The van der Waals surface area contributed by atoms with Gasteiger partial charge in [0.1, 0.15) is 0 Å². The van der Waals surface area contributed by atoms with Gasteiger partial charge >= 0.3 is 5.97 Å². The summed E-state index contributed by atoms with van der Waals surface area (Å²) in [5.74, 6) is -2.15. The number of hydrogen-bond acceptors (Lipinski definition) is 2. The van der Waals surface area contributed by atoms with Gasteiger partial charge in [0.25, 0.3) is 0 Å². The van der Waals surface area contributed by atoms with Crippen molar-refractivity contribution < 1.29 is 14.7 Å². The van der Waals surface area contributed by atoms with E-state index >= 15 is 0 Å². The monoisotopic (exact) mass is 269 g/mol. The molecule has 0 aromatic heterocycles. The summed E-state index contributed by atoms with van der Waals surface area (Å²) in [4.78, 5) is 23.2. The van der Waals surface area contributed by atoms with E-state index in [1.165, 1.54) is 0 Å². The second-order valence-corrected chi connectivity index (χ2v) is 4.42. The number of benzene rings is 2. The molecule has 4 heteroatoms. The van der Waals surface area contributed by atoms with Crippen LogP contribution in [0.1, 0.15) is 17.9 Å². The Morgan fingerprint density at radius 1 is 0.950 bits per heavy atom. The Morgan fingerprint density at radius 2 is 1.50 bits per heavy atom. The predicted octanol–water partition coefficient (Wildman–Crippen LogP) is 2.88. The number of aliphatic carboxylic acids is 1. The van der Waals surface area contributed by atoms with Crippen molar-refractivity contribution in [1.82, 2.24) is 0 Å². The molecule has 4 nitrogen and oxygen atoms in total. The quantitative estimate of drug-likeness (QED) is 0.877. The Balaban J connectivity index is 2.06. The van der Waals surface area contributed by atoms with Crippen LogP contribution in [0.2, 0.25) is 0 Å². The van der Waals surface area contributed by atoms with Crippen LogP contribution in [0.3, 0.4) is 0 Å². The number of carbonyl (C=O) groups is 2. The first-order valence-electron chi connectivity index (χ1n) is 6.29. The first-order chi connectivity index (χ1) is 9.66. The molecule has 102 valence electrons. The molecule has 0 saturated carbocycles. The van der Waals surface area contributed by atoms with Gasteiger partial charge in [-0.15, -0.1) is 0 Å². The molecule has 0 bridgehead atoms. The molecule has 0 heterocycles.